The number of carbonyl (C=O) groups excluding carboxylic acids is 2. The number of carbonyl (C=O) groups is 2. The van der Waals surface area contributed by atoms with Crippen LogP contribution in [-0.4, -0.2) is 36.7 Å². The van der Waals surface area contributed by atoms with Gasteiger partial charge in [-0.2, -0.15) is 0 Å². The summed E-state index contributed by atoms with van der Waals surface area (Å²) >= 11 is 0. The zero-order valence-electron chi connectivity index (χ0n) is 9.38. The highest BCUT2D eigenvalue weighted by molar-refractivity contribution is 5.74. The van der Waals surface area contributed by atoms with Crippen molar-refractivity contribution >= 4 is 12.1 Å². The lowest BCUT2D eigenvalue weighted by molar-refractivity contribution is -0.143. The van der Waals surface area contributed by atoms with Gasteiger partial charge in [0.1, 0.15) is 0 Å². The summed E-state index contributed by atoms with van der Waals surface area (Å²) in [6, 6.07) is -0.337. The standard InChI is InChI=1S/C11H15NO4/c1-3-16-10(13)8-9-6-4-5-7-12(9)11(14)15-2/h4-7,9H,3,8H2,1-2H3. The average Bonchev–Trinajstić information content (AvgIpc) is 2.29. The molecule has 1 atom stereocenters. The van der Waals surface area contributed by atoms with Crippen LogP contribution in [0.2, 0.25) is 0 Å². The number of hydrogen-bond donors (Lipinski definition) is 0. The van der Waals surface area contributed by atoms with Crippen molar-refractivity contribution in [3.63, 3.8) is 0 Å². The van der Waals surface area contributed by atoms with Gasteiger partial charge in [-0.25, -0.2) is 4.79 Å². The molecule has 0 aromatic heterocycles. The Labute approximate surface area is 94.3 Å². The van der Waals surface area contributed by atoms with E-state index in [4.69, 9.17) is 4.74 Å². The molecule has 0 spiro atoms. The van der Waals surface area contributed by atoms with Crippen LogP contribution in [0, 0.1) is 0 Å². The maximum absolute atomic E-state index is 11.4. The maximum Gasteiger partial charge on any atom is 0.414 e. The van der Waals surface area contributed by atoms with Gasteiger partial charge in [0.15, 0.2) is 0 Å². The monoisotopic (exact) mass is 225 g/mol. The van der Waals surface area contributed by atoms with E-state index < -0.39 is 6.09 Å². The van der Waals surface area contributed by atoms with Gasteiger partial charge in [-0.3, -0.25) is 9.69 Å². The van der Waals surface area contributed by atoms with Crippen molar-refractivity contribution in [1.82, 2.24) is 4.90 Å². The molecular formula is C11H15NO4. The molecule has 1 rings (SSSR count). The summed E-state index contributed by atoms with van der Waals surface area (Å²) in [4.78, 5) is 24.0. The molecule has 0 fully saturated rings. The summed E-state index contributed by atoms with van der Waals surface area (Å²) in [6.45, 7) is 2.08. The highest BCUT2D eigenvalue weighted by Crippen LogP contribution is 2.13. The highest BCUT2D eigenvalue weighted by atomic mass is 16.5. The van der Waals surface area contributed by atoms with Crippen LogP contribution in [-0.2, 0) is 14.3 Å². The van der Waals surface area contributed by atoms with Gasteiger partial charge < -0.3 is 9.47 Å². The van der Waals surface area contributed by atoms with Gasteiger partial charge in [0.25, 0.3) is 0 Å². The van der Waals surface area contributed by atoms with Gasteiger partial charge in [-0.1, -0.05) is 12.2 Å². The summed E-state index contributed by atoms with van der Waals surface area (Å²) in [5.41, 5.74) is 0. The number of nitrogens with zero attached hydrogens (tertiary/aromatic N) is 1. The minimum atomic E-state index is -0.491. The molecule has 0 saturated heterocycles. The lowest BCUT2D eigenvalue weighted by atomic mass is 10.1. The first-order valence-corrected chi connectivity index (χ1v) is 5.06. The number of allylic oxidation sites excluding steroid dienone is 2. The van der Waals surface area contributed by atoms with Crippen LogP contribution in [0.15, 0.2) is 24.4 Å². The van der Waals surface area contributed by atoms with Crippen LogP contribution in [0.5, 0.6) is 0 Å². The average molecular weight is 225 g/mol. The minimum Gasteiger partial charge on any atom is -0.466 e. The molecule has 5 nitrogen and oxygen atoms in total. The summed E-state index contributed by atoms with van der Waals surface area (Å²) < 4.78 is 9.44. The van der Waals surface area contributed by atoms with Crippen molar-refractivity contribution in [3.8, 4) is 0 Å². The van der Waals surface area contributed by atoms with Gasteiger partial charge in [0.2, 0.25) is 0 Å². The van der Waals surface area contributed by atoms with Crippen molar-refractivity contribution in [3.05, 3.63) is 24.4 Å². The number of hydrogen-bond acceptors (Lipinski definition) is 4. The van der Waals surface area contributed by atoms with Crippen LogP contribution >= 0.6 is 0 Å². The first-order chi connectivity index (χ1) is 7.69. The van der Waals surface area contributed by atoms with Crippen LogP contribution in [0.1, 0.15) is 13.3 Å². The second-order valence-electron chi connectivity index (χ2n) is 3.18. The van der Waals surface area contributed by atoms with E-state index in [1.807, 2.05) is 0 Å². The van der Waals surface area contributed by atoms with E-state index >= 15 is 0 Å². The van der Waals surface area contributed by atoms with Crippen LogP contribution < -0.4 is 0 Å². The lowest BCUT2D eigenvalue weighted by Gasteiger charge is -2.26. The second kappa shape index (κ2) is 5.95. The fourth-order valence-corrected chi connectivity index (χ4v) is 1.40. The van der Waals surface area contributed by atoms with Crippen molar-refractivity contribution in [2.75, 3.05) is 13.7 Å². The summed E-state index contributed by atoms with van der Waals surface area (Å²) in [5.74, 6) is -0.332. The minimum absolute atomic E-state index is 0.129. The Morgan fingerprint density at radius 2 is 2.12 bits per heavy atom. The third-order valence-corrected chi connectivity index (χ3v) is 2.11. The molecule has 1 heterocycles. The molecule has 1 unspecified atom stereocenters. The summed E-state index contributed by atoms with van der Waals surface area (Å²) in [6.07, 6.45) is 6.46. The van der Waals surface area contributed by atoms with Gasteiger partial charge >= 0.3 is 12.1 Å². The Kier molecular flexibility index (Phi) is 4.57. The third kappa shape index (κ3) is 3.12. The Bertz CT molecular complexity index is 322. The number of rotatable bonds is 3. The lowest BCUT2D eigenvalue weighted by Crippen LogP contribution is -2.37. The molecule has 0 aromatic carbocycles. The van der Waals surface area contributed by atoms with Crippen molar-refractivity contribution in [2.45, 2.75) is 19.4 Å². The van der Waals surface area contributed by atoms with E-state index in [0.717, 1.165) is 0 Å². The molecule has 1 amide bonds. The second-order valence-corrected chi connectivity index (χ2v) is 3.18. The van der Waals surface area contributed by atoms with Gasteiger partial charge in [0.05, 0.1) is 26.2 Å². The molecule has 0 aromatic rings. The molecule has 0 aliphatic carbocycles. The Morgan fingerprint density at radius 3 is 2.75 bits per heavy atom. The molecule has 0 N–H and O–H groups in total. The first kappa shape index (κ1) is 12.3. The molecule has 0 bridgehead atoms. The highest BCUT2D eigenvalue weighted by Gasteiger charge is 2.24. The Hall–Kier alpha value is -1.78. The largest absolute Gasteiger partial charge is 0.466 e. The van der Waals surface area contributed by atoms with Crippen LogP contribution in [0.4, 0.5) is 4.79 Å². The fraction of sp³-hybridized carbons (Fsp3) is 0.455. The smallest absolute Gasteiger partial charge is 0.414 e. The SMILES string of the molecule is CCOC(=O)CC1C=CC=CN1C(=O)OC. The van der Waals surface area contributed by atoms with Crippen LogP contribution in [0.3, 0.4) is 0 Å². The van der Waals surface area contributed by atoms with E-state index in [9.17, 15) is 9.59 Å². The fourth-order valence-electron chi connectivity index (χ4n) is 1.40. The number of amides is 1. The Balaban J connectivity index is 2.62. The molecule has 5 heteroatoms. The van der Waals surface area contributed by atoms with Crippen molar-refractivity contribution in [2.24, 2.45) is 0 Å². The maximum atomic E-state index is 11.4. The Morgan fingerprint density at radius 1 is 1.38 bits per heavy atom. The van der Waals surface area contributed by atoms with E-state index in [-0.39, 0.29) is 18.4 Å². The quantitative estimate of drug-likeness (QED) is 0.682. The molecule has 0 radical (unpaired) electrons. The third-order valence-electron chi connectivity index (χ3n) is 2.11. The topological polar surface area (TPSA) is 55.8 Å². The van der Waals surface area contributed by atoms with Crippen LogP contribution in [0.25, 0.3) is 0 Å². The number of methoxy groups -OCH3 is 1. The molecule has 1 aliphatic heterocycles. The van der Waals surface area contributed by atoms with Gasteiger partial charge in [-0.15, -0.1) is 0 Å². The number of esters is 1. The summed E-state index contributed by atoms with van der Waals surface area (Å²) in [7, 11) is 1.30. The van der Waals surface area contributed by atoms with E-state index in [2.05, 4.69) is 4.74 Å². The molecule has 16 heavy (non-hydrogen) atoms. The molecule has 1 aliphatic rings. The van der Waals surface area contributed by atoms with Gasteiger partial charge in [-0.05, 0) is 13.0 Å². The normalized spacial score (nSPS) is 18.4. The van der Waals surface area contributed by atoms with E-state index in [0.29, 0.717) is 6.61 Å². The van der Waals surface area contributed by atoms with Gasteiger partial charge in [0, 0.05) is 6.20 Å². The zero-order valence-corrected chi connectivity index (χ0v) is 9.38. The summed E-state index contributed by atoms with van der Waals surface area (Å²) in [5, 5.41) is 0. The van der Waals surface area contributed by atoms with Crippen molar-refractivity contribution < 1.29 is 19.1 Å². The van der Waals surface area contributed by atoms with E-state index in [1.165, 1.54) is 12.0 Å². The zero-order chi connectivity index (χ0) is 12.0. The molecule has 88 valence electrons. The predicted molar refractivity (Wildman–Crippen MR) is 57.6 cm³/mol. The first-order valence-electron chi connectivity index (χ1n) is 5.06. The van der Waals surface area contributed by atoms with E-state index in [1.54, 1.807) is 31.4 Å². The molecular weight excluding hydrogens is 210 g/mol. The van der Waals surface area contributed by atoms with Crippen molar-refractivity contribution in [1.29, 1.82) is 0 Å². The number of ether oxygens (including phenoxy) is 2. The predicted octanol–water partition coefficient (Wildman–Crippen LogP) is 1.46. The molecule has 0 saturated carbocycles.